The SMILES string of the molecule is COc1ccc(-n2c(Cc3ccccc3)nnc2SCCCC(=O)N2CCN(C(=O)c3cccc(C(F)(F)F)c3)C(C)C2)cc1. The van der Waals surface area contributed by atoms with Crippen LogP contribution in [0, 0.1) is 0 Å². The summed E-state index contributed by atoms with van der Waals surface area (Å²) in [5, 5.41) is 9.68. The summed E-state index contributed by atoms with van der Waals surface area (Å²) < 4.78 is 46.8. The Morgan fingerprint density at radius 1 is 0.978 bits per heavy atom. The number of methoxy groups -OCH3 is 1. The molecule has 2 heterocycles. The number of aromatic nitrogens is 3. The topological polar surface area (TPSA) is 80.6 Å². The average molecular weight is 638 g/mol. The van der Waals surface area contributed by atoms with Crippen molar-refractivity contribution in [2.75, 3.05) is 32.5 Å². The summed E-state index contributed by atoms with van der Waals surface area (Å²) in [5.41, 5.74) is 1.16. The zero-order chi connectivity index (χ0) is 32.0. The van der Waals surface area contributed by atoms with E-state index in [1.807, 2.05) is 59.2 Å². The predicted molar refractivity (Wildman–Crippen MR) is 166 cm³/mol. The van der Waals surface area contributed by atoms with Crippen LogP contribution in [0.5, 0.6) is 5.75 Å². The molecule has 3 aromatic carbocycles. The van der Waals surface area contributed by atoms with E-state index in [-0.39, 0.29) is 24.1 Å². The third-order valence-electron chi connectivity index (χ3n) is 7.68. The van der Waals surface area contributed by atoms with Gasteiger partial charge in [-0.15, -0.1) is 10.2 Å². The van der Waals surface area contributed by atoms with Crippen molar-refractivity contribution in [3.05, 3.63) is 101 Å². The minimum Gasteiger partial charge on any atom is -0.497 e. The molecular weight excluding hydrogens is 603 g/mol. The van der Waals surface area contributed by atoms with Gasteiger partial charge in [0.15, 0.2) is 5.16 Å². The second-order valence-electron chi connectivity index (χ2n) is 10.8. The van der Waals surface area contributed by atoms with Crippen LogP contribution in [-0.2, 0) is 17.4 Å². The fraction of sp³-hybridized carbons (Fsp3) is 0.333. The van der Waals surface area contributed by atoms with E-state index in [1.165, 1.54) is 28.8 Å². The molecule has 0 saturated carbocycles. The highest BCUT2D eigenvalue weighted by Gasteiger charge is 2.33. The standard InChI is InChI=1S/C33H34F3N5O3S/c1-23-22-39(17-18-40(23)31(43)25-10-6-11-26(21-25)33(34,35)36)30(42)12-7-19-45-32-38-37-29(20-24-8-4-3-5-9-24)41(32)27-13-15-28(44-2)16-14-27/h3-6,8-11,13-16,21,23H,7,12,17-20,22H2,1-2H3. The number of carbonyl (C=O) groups is 2. The first-order valence-corrected chi connectivity index (χ1v) is 15.6. The van der Waals surface area contributed by atoms with Gasteiger partial charge in [-0.2, -0.15) is 13.2 Å². The summed E-state index contributed by atoms with van der Waals surface area (Å²) >= 11 is 1.53. The lowest BCUT2D eigenvalue weighted by Crippen LogP contribution is -2.55. The number of carbonyl (C=O) groups excluding carboxylic acids is 2. The first-order valence-electron chi connectivity index (χ1n) is 14.7. The highest BCUT2D eigenvalue weighted by Crippen LogP contribution is 2.30. The van der Waals surface area contributed by atoms with Gasteiger partial charge in [-0.25, -0.2) is 0 Å². The molecule has 0 radical (unpaired) electrons. The van der Waals surface area contributed by atoms with E-state index >= 15 is 0 Å². The Hall–Kier alpha value is -4.32. The smallest absolute Gasteiger partial charge is 0.416 e. The molecule has 2 amide bonds. The highest BCUT2D eigenvalue weighted by molar-refractivity contribution is 7.99. The number of thioether (sulfide) groups is 1. The fourth-order valence-electron chi connectivity index (χ4n) is 5.30. The van der Waals surface area contributed by atoms with E-state index in [9.17, 15) is 22.8 Å². The Kier molecular flexibility index (Phi) is 10.1. The van der Waals surface area contributed by atoms with Crippen molar-refractivity contribution >= 4 is 23.6 Å². The minimum atomic E-state index is -4.53. The first kappa shape index (κ1) is 32.1. The molecule has 4 aromatic rings. The van der Waals surface area contributed by atoms with Crippen LogP contribution >= 0.6 is 11.8 Å². The van der Waals surface area contributed by atoms with E-state index in [0.717, 1.165) is 40.1 Å². The van der Waals surface area contributed by atoms with E-state index in [1.54, 1.807) is 18.9 Å². The van der Waals surface area contributed by atoms with Gasteiger partial charge >= 0.3 is 6.18 Å². The molecule has 236 valence electrons. The van der Waals surface area contributed by atoms with Crippen molar-refractivity contribution in [1.82, 2.24) is 24.6 Å². The molecule has 0 aliphatic carbocycles. The van der Waals surface area contributed by atoms with Crippen molar-refractivity contribution in [1.29, 1.82) is 0 Å². The number of piperazine rings is 1. The summed E-state index contributed by atoms with van der Waals surface area (Å²) in [6.07, 6.45) is -2.97. The van der Waals surface area contributed by atoms with Crippen LogP contribution in [0.2, 0.25) is 0 Å². The van der Waals surface area contributed by atoms with Gasteiger partial charge in [0.05, 0.1) is 12.7 Å². The van der Waals surface area contributed by atoms with E-state index in [0.29, 0.717) is 38.1 Å². The molecule has 12 heteroatoms. The fourth-order valence-corrected chi connectivity index (χ4v) is 6.21. The second kappa shape index (κ2) is 14.2. The maximum atomic E-state index is 13.1. The zero-order valence-electron chi connectivity index (χ0n) is 25.0. The molecule has 8 nitrogen and oxygen atoms in total. The molecule has 1 fully saturated rings. The number of ether oxygens (including phenoxy) is 1. The molecule has 1 atom stereocenters. The lowest BCUT2D eigenvalue weighted by Gasteiger charge is -2.40. The van der Waals surface area contributed by atoms with Crippen molar-refractivity contribution in [2.45, 2.75) is 43.6 Å². The summed E-state index contributed by atoms with van der Waals surface area (Å²) in [6, 6.07) is 21.9. The highest BCUT2D eigenvalue weighted by atomic mass is 32.2. The Labute approximate surface area is 264 Å². The minimum absolute atomic E-state index is 0.0112. The third-order valence-corrected chi connectivity index (χ3v) is 8.70. The van der Waals surface area contributed by atoms with Crippen molar-refractivity contribution in [2.24, 2.45) is 0 Å². The number of halogens is 3. The number of benzene rings is 3. The van der Waals surface area contributed by atoms with E-state index in [2.05, 4.69) is 10.2 Å². The molecule has 1 aliphatic heterocycles. The van der Waals surface area contributed by atoms with Crippen LogP contribution in [-0.4, -0.2) is 74.9 Å². The zero-order valence-corrected chi connectivity index (χ0v) is 25.9. The number of alkyl halides is 3. The van der Waals surface area contributed by atoms with E-state index < -0.39 is 17.6 Å². The van der Waals surface area contributed by atoms with Gasteiger partial charge < -0.3 is 14.5 Å². The Bertz CT molecular complexity index is 1610. The second-order valence-corrected chi connectivity index (χ2v) is 11.9. The average Bonchev–Trinajstić information content (AvgIpc) is 3.44. The summed E-state index contributed by atoms with van der Waals surface area (Å²) in [6.45, 7) is 2.71. The Morgan fingerprint density at radius 3 is 2.42 bits per heavy atom. The largest absolute Gasteiger partial charge is 0.497 e. The van der Waals surface area contributed by atoms with Crippen LogP contribution in [0.1, 0.15) is 47.1 Å². The molecule has 0 spiro atoms. The molecule has 45 heavy (non-hydrogen) atoms. The van der Waals surface area contributed by atoms with Gasteiger partial charge in [0.2, 0.25) is 5.91 Å². The van der Waals surface area contributed by atoms with Crippen molar-refractivity contribution < 1.29 is 27.5 Å². The number of hydrogen-bond acceptors (Lipinski definition) is 6. The van der Waals surface area contributed by atoms with Crippen LogP contribution in [0.15, 0.2) is 84.0 Å². The van der Waals surface area contributed by atoms with Crippen LogP contribution in [0.4, 0.5) is 13.2 Å². The van der Waals surface area contributed by atoms with Crippen LogP contribution < -0.4 is 4.74 Å². The molecular formula is C33H34F3N5O3S. The lowest BCUT2D eigenvalue weighted by atomic mass is 10.1. The maximum Gasteiger partial charge on any atom is 0.416 e. The summed E-state index contributed by atoms with van der Waals surface area (Å²) in [7, 11) is 1.62. The van der Waals surface area contributed by atoms with Gasteiger partial charge in [-0.1, -0.05) is 48.2 Å². The molecule has 1 aromatic heterocycles. The Balaban J connectivity index is 1.16. The van der Waals surface area contributed by atoms with Gasteiger partial charge in [0.1, 0.15) is 11.6 Å². The van der Waals surface area contributed by atoms with Crippen molar-refractivity contribution in [3.63, 3.8) is 0 Å². The summed E-state index contributed by atoms with van der Waals surface area (Å²) in [5.74, 6) is 1.71. The monoisotopic (exact) mass is 637 g/mol. The maximum absolute atomic E-state index is 13.1. The van der Waals surface area contributed by atoms with Crippen molar-refractivity contribution in [3.8, 4) is 11.4 Å². The van der Waals surface area contributed by atoms with Gasteiger partial charge in [-0.05, 0) is 61.4 Å². The van der Waals surface area contributed by atoms with Gasteiger partial charge in [0.25, 0.3) is 5.91 Å². The van der Waals surface area contributed by atoms with Crippen LogP contribution in [0.25, 0.3) is 5.69 Å². The predicted octanol–water partition coefficient (Wildman–Crippen LogP) is 6.13. The Morgan fingerprint density at radius 2 is 1.73 bits per heavy atom. The van der Waals surface area contributed by atoms with Gasteiger partial charge in [0, 0.05) is 55.5 Å². The molecule has 0 N–H and O–H groups in total. The van der Waals surface area contributed by atoms with Crippen LogP contribution in [0.3, 0.4) is 0 Å². The molecule has 5 rings (SSSR count). The number of rotatable bonds is 10. The molecule has 1 aliphatic rings. The first-order chi connectivity index (χ1) is 21.6. The molecule has 1 saturated heterocycles. The van der Waals surface area contributed by atoms with E-state index in [4.69, 9.17) is 4.74 Å². The number of hydrogen-bond donors (Lipinski definition) is 0. The third kappa shape index (κ3) is 7.86. The molecule has 1 unspecified atom stereocenters. The summed E-state index contributed by atoms with van der Waals surface area (Å²) in [4.78, 5) is 29.3. The number of amides is 2. The quantitative estimate of drug-likeness (QED) is 0.154. The normalized spacial score (nSPS) is 15.3. The lowest BCUT2D eigenvalue weighted by molar-refractivity contribution is -0.137. The number of nitrogens with zero attached hydrogens (tertiary/aromatic N) is 5. The molecule has 0 bridgehead atoms. The van der Waals surface area contributed by atoms with Gasteiger partial charge in [-0.3, -0.25) is 14.2 Å².